The van der Waals surface area contributed by atoms with Crippen LogP contribution in [0.5, 0.6) is 5.75 Å². The average molecular weight is 391 g/mol. The molecule has 0 saturated heterocycles. The Morgan fingerprint density at radius 2 is 1.50 bits per heavy atom. The van der Waals surface area contributed by atoms with Gasteiger partial charge in [-0.25, -0.2) is 9.59 Å². The third-order valence-corrected chi connectivity index (χ3v) is 4.72. The maximum absolute atomic E-state index is 12.5. The second kappa shape index (κ2) is 9.10. The van der Waals surface area contributed by atoms with Crippen molar-refractivity contribution in [2.45, 2.75) is 39.5 Å². The van der Waals surface area contributed by atoms with Gasteiger partial charge in [-0.3, -0.25) is 0 Å². The van der Waals surface area contributed by atoms with E-state index in [1.807, 2.05) is 12.1 Å². The summed E-state index contributed by atoms with van der Waals surface area (Å²) in [5.74, 6) is -0.000517. The number of nitrogens with zero attached hydrogens (tertiary/aromatic N) is 1. The quantitative estimate of drug-likeness (QED) is 0.689. The summed E-state index contributed by atoms with van der Waals surface area (Å²) in [7, 11) is 4.21. The summed E-state index contributed by atoms with van der Waals surface area (Å²) < 4.78 is 21.0. The molecule has 0 fully saturated rings. The third-order valence-electron chi connectivity index (χ3n) is 4.72. The van der Waals surface area contributed by atoms with Gasteiger partial charge in [-0.15, -0.1) is 0 Å². The first kappa shape index (κ1) is 21.8. The van der Waals surface area contributed by atoms with Crippen molar-refractivity contribution < 1.29 is 28.5 Å². The normalized spacial score (nSPS) is 14.5. The number of esters is 2. The minimum absolute atomic E-state index is 0.0160. The van der Waals surface area contributed by atoms with Crippen molar-refractivity contribution in [1.29, 1.82) is 0 Å². The van der Waals surface area contributed by atoms with E-state index in [0.29, 0.717) is 0 Å². The monoisotopic (exact) mass is 391 g/mol. The molecule has 0 radical (unpaired) electrons. The van der Waals surface area contributed by atoms with Crippen LogP contribution in [0.4, 0.5) is 5.69 Å². The topological polar surface area (TPSA) is 74.3 Å². The molecule has 0 N–H and O–H groups in total. The Kier molecular flexibility index (Phi) is 7.07. The maximum Gasteiger partial charge on any atom is 0.355 e. The Morgan fingerprint density at radius 1 is 0.964 bits per heavy atom. The SMILES string of the molecule is COC(=O)C1=C(C(=O)OC)N(c2cc(C(C)C)c(OC)c(C(C)C)c2)COC1. The van der Waals surface area contributed by atoms with Gasteiger partial charge in [-0.2, -0.15) is 0 Å². The summed E-state index contributed by atoms with van der Waals surface area (Å²) in [6.07, 6.45) is 0. The van der Waals surface area contributed by atoms with E-state index in [2.05, 4.69) is 27.7 Å². The third kappa shape index (κ3) is 4.14. The zero-order valence-electron chi connectivity index (χ0n) is 17.6. The van der Waals surface area contributed by atoms with Crippen LogP contribution in [-0.2, 0) is 23.8 Å². The number of rotatable bonds is 6. The van der Waals surface area contributed by atoms with E-state index in [4.69, 9.17) is 18.9 Å². The molecular formula is C21H29NO6. The van der Waals surface area contributed by atoms with Gasteiger partial charge >= 0.3 is 11.9 Å². The predicted octanol–water partition coefficient (Wildman–Crippen LogP) is 3.34. The number of hydrogen-bond donors (Lipinski definition) is 0. The molecule has 0 aromatic heterocycles. The molecule has 1 heterocycles. The van der Waals surface area contributed by atoms with Crippen LogP contribution < -0.4 is 9.64 Å². The van der Waals surface area contributed by atoms with Crippen LogP contribution in [0.2, 0.25) is 0 Å². The molecule has 7 nitrogen and oxygen atoms in total. The van der Waals surface area contributed by atoms with Gasteiger partial charge in [0, 0.05) is 5.69 Å². The molecule has 0 unspecified atom stereocenters. The number of carbonyl (C=O) groups is 2. The Balaban J connectivity index is 2.73. The largest absolute Gasteiger partial charge is 0.496 e. The molecule has 0 amide bonds. The maximum atomic E-state index is 12.5. The molecule has 0 atom stereocenters. The molecule has 1 aromatic carbocycles. The number of ether oxygens (including phenoxy) is 4. The Bertz CT molecular complexity index is 752. The lowest BCUT2D eigenvalue weighted by molar-refractivity contribution is -0.140. The molecule has 154 valence electrons. The number of anilines is 1. The molecule has 2 rings (SSSR count). The highest BCUT2D eigenvalue weighted by Crippen LogP contribution is 2.40. The Hall–Kier alpha value is -2.54. The van der Waals surface area contributed by atoms with Crippen molar-refractivity contribution in [1.82, 2.24) is 0 Å². The van der Waals surface area contributed by atoms with Crippen LogP contribution in [0.1, 0.15) is 50.7 Å². The minimum atomic E-state index is -0.619. The zero-order valence-corrected chi connectivity index (χ0v) is 17.6. The van der Waals surface area contributed by atoms with Crippen LogP contribution in [0.25, 0.3) is 0 Å². The first-order valence-electron chi connectivity index (χ1n) is 9.23. The molecule has 28 heavy (non-hydrogen) atoms. The molecule has 0 bridgehead atoms. The number of benzene rings is 1. The van der Waals surface area contributed by atoms with Gasteiger partial charge in [0.05, 0.1) is 33.5 Å². The second-order valence-electron chi connectivity index (χ2n) is 7.18. The summed E-state index contributed by atoms with van der Waals surface area (Å²) in [5, 5.41) is 0. The van der Waals surface area contributed by atoms with Gasteiger partial charge in [0.15, 0.2) is 0 Å². The molecule has 0 aliphatic carbocycles. The fourth-order valence-corrected chi connectivity index (χ4v) is 3.25. The summed E-state index contributed by atoms with van der Waals surface area (Å²) in [6, 6.07) is 3.92. The molecule has 1 aromatic rings. The standard InChI is InChI=1S/C21H29NO6/c1-12(2)15-8-14(9-16(13(3)4)19(15)25-5)22-11-28-10-17(20(23)26-6)18(22)21(24)27-7/h8-9,12-13H,10-11H2,1-7H3. The first-order chi connectivity index (χ1) is 13.3. The molecule has 1 aliphatic heterocycles. The lowest BCUT2D eigenvalue weighted by Crippen LogP contribution is -2.39. The molecular weight excluding hydrogens is 362 g/mol. The van der Waals surface area contributed by atoms with E-state index in [-0.39, 0.29) is 36.4 Å². The van der Waals surface area contributed by atoms with E-state index < -0.39 is 11.9 Å². The van der Waals surface area contributed by atoms with Crippen LogP contribution in [0.15, 0.2) is 23.4 Å². The van der Waals surface area contributed by atoms with E-state index in [0.717, 1.165) is 22.6 Å². The lowest BCUT2D eigenvalue weighted by atomic mass is 9.92. The van der Waals surface area contributed by atoms with Crippen molar-refractivity contribution >= 4 is 17.6 Å². The molecule has 0 saturated carbocycles. The van der Waals surface area contributed by atoms with Crippen molar-refractivity contribution in [3.63, 3.8) is 0 Å². The zero-order chi connectivity index (χ0) is 21.0. The van der Waals surface area contributed by atoms with Crippen LogP contribution in [0.3, 0.4) is 0 Å². The van der Waals surface area contributed by atoms with Crippen LogP contribution in [0, 0.1) is 0 Å². The van der Waals surface area contributed by atoms with Crippen LogP contribution in [-0.4, -0.2) is 46.6 Å². The highest BCUT2D eigenvalue weighted by atomic mass is 16.5. The van der Waals surface area contributed by atoms with Crippen LogP contribution >= 0.6 is 0 Å². The summed E-state index contributed by atoms with van der Waals surface area (Å²) in [4.78, 5) is 26.4. The summed E-state index contributed by atoms with van der Waals surface area (Å²) in [6.45, 7) is 8.42. The molecule has 7 heteroatoms. The van der Waals surface area contributed by atoms with Gasteiger partial charge < -0.3 is 23.8 Å². The van der Waals surface area contributed by atoms with Gasteiger partial charge in [-0.1, -0.05) is 27.7 Å². The van der Waals surface area contributed by atoms with Crippen molar-refractivity contribution in [2.24, 2.45) is 0 Å². The first-order valence-corrected chi connectivity index (χ1v) is 9.23. The predicted molar refractivity (Wildman–Crippen MR) is 106 cm³/mol. The van der Waals surface area contributed by atoms with Crippen molar-refractivity contribution in [2.75, 3.05) is 39.6 Å². The van der Waals surface area contributed by atoms with E-state index >= 15 is 0 Å². The number of hydrogen-bond acceptors (Lipinski definition) is 7. The van der Waals surface area contributed by atoms with Gasteiger partial charge in [0.25, 0.3) is 0 Å². The smallest absolute Gasteiger partial charge is 0.355 e. The van der Waals surface area contributed by atoms with E-state index in [1.54, 1.807) is 12.0 Å². The number of carbonyl (C=O) groups excluding carboxylic acids is 2. The highest BCUT2D eigenvalue weighted by molar-refractivity contribution is 6.03. The molecule has 0 spiro atoms. The summed E-state index contributed by atoms with van der Waals surface area (Å²) in [5.41, 5.74) is 3.02. The van der Waals surface area contributed by atoms with Crippen molar-refractivity contribution in [3.8, 4) is 5.75 Å². The lowest BCUT2D eigenvalue weighted by Gasteiger charge is -2.33. The minimum Gasteiger partial charge on any atom is -0.496 e. The Morgan fingerprint density at radius 3 is 1.93 bits per heavy atom. The fourth-order valence-electron chi connectivity index (χ4n) is 3.25. The average Bonchev–Trinajstić information content (AvgIpc) is 2.70. The highest BCUT2D eigenvalue weighted by Gasteiger charge is 2.33. The van der Waals surface area contributed by atoms with Gasteiger partial charge in [0.1, 0.15) is 18.2 Å². The second-order valence-corrected chi connectivity index (χ2v) is 7.18. The van der Waals surface area contributed by atoms with E-state index in [1.165, 1.54) is 14.2 Å². The summed E-state index contributed by atoms with van der Waals surface area (Å²) >= 11 is 0. The van der Waals surface area contributed by atoms with E-state index in [9.17, 15) is 9.59 Å². The number of methoxy groups -OCH3 is 3. The molecule has 1 aliphatic rings. The van der Waals surface area contributed by atoms with Gasteiger partial charge in [0.2, 0.25) is 0 Å². The van der Waals surface area contributed by atoms with Gasteiger partial charge in [-0.05, 0) is 35.1 Å². The Labute approximate surface area is 166 Å². The fraction of sp³-hybridized carbons (Fsp3) is 0.524. The van der Waals surface area contributed by atoms with Crippen molar-refractivity contribution in [3.05, 3.63) is 34.5 Å².